The van der Waals surface area contributed by atoms with Crippen molar-refractivity contribution in [2.45, 2.75) is 26.3 Å². The normalized spacial score (nSPS) is 13.3. The van der Waals surface area contributed by atoms with Gasteiger partial charge in [-0.3, -0.25) is 14.9 Å². The Morgan fingerprint density at radius 3 is 2.57 bits per heavy atom. The number of amides is 1. The third-order valence-corrected chi connectivity index (χ3v) is 3.40. The molecule has 2 N–H and O–H groups in total. The summed E-state index contributed by atoms with van der Waals surface area (Å²) < 4.78 is 0. The van der Waals surface area contributed by atoms with E-state index in [1.165, 1.54) is 6.07 Å². The van der Waals surface area contributed by atoms with Crippen molar-refractivity contribution < 1.29 is 19.6 Å². The van der Waals surface area contributed by atoms with Crippen molar-refractivity contribution in [2.75, 3.05) is 0 Å². The lowest BCUT2D eigenvalue weighted by Crippen LogP contribution is -2.45. The maximum absolute atomic E-state index is 12.1. The number of carboxylic acid groups (broad SMARTS) is 1. The third kappa shape index (κ3) is 4.16. The molecule has 0 radical (unpaired) electrons. The molecule has 0 heterocycles. The second-order valence-electron chi connectivity index (χ2n) is 4.59. The minimum atomic E-state index is -1.19. The second kappa shape index (κ2) is 7.03. The van der Waals surface area contributed by atoms with Crippen molar-refractivity contribution in [1.29, 1.82) is 0 Å². The quantitative estimate of drug-likeness (QED) is 0.619. The Hall–Kier alpha value is -2.15. The fraction of sp³-hybridized carbons (Fsp3) is 0.385. The lowest BCUT2D eigenvalue weighted by atomic mass is 9.99. The molecule has 0 aliphatic heterocycles. The van der Waals surface area contributed by atoms with Crippen molar-refractivity contribution in [3.63, 3.8) is 0 Å². The van der Waals surface area contributed by atoms with Gasteiger partial charge in [-0.25, -0.2) is 4.79 Å². The van der Waals surface area contributed by atoms with E-state index in [4.69, 9.17) is 16.7 Å². The van der Waals surface area contributed by atoms with Crippen LogP contribution in [0.4, 0.5) is 5.69 Å². The average Bonchev–Trinajstić information content (AvgIpc) is 2.42. The van der Waals surface area contributed by atoms with Gasteiger partial charge in [-0.2, -0.15) is 0 Å². The van der Waals surface area contributed by atoms with Crippen LogP contribution in [-0.4, -0.2) is 27.9 Å². The molecule has 0 aliphatic carbocycles. The van der Waals surface area contributed by atoms with Gasteiger partial charge < -0.3 is 10.4 Å². The molecule has 0 fully saturated rings. The summed E-state index contributed by atoms with van der Waals surface area (Å²) in [5.41, 5.74) is -0.688. The maximum atomic E-state index is 12.1. The number of hydrogen-bond donors (Lipinski definition) is 2. The van der Waals surface area contributed by atoms with Crippen LogP contribution in [0.15, 0.2) is 18.2 Å². The van der Waals surface area contributed by atoms with E-state index in [0.717, 1.165) is 12.1 Å². The molecule has 0 bridgehead atoms. The van der Waals surface area contributed by atoms with E-state index in [9.17, 15) is 19.7 Å². The van der Waals surface area contributed by atoms with Crippen LogP contribution in [0.25, 0.3) is 0 Å². The molecule has 0 aromatic heterocycles. The molecule has 0 aliphatic rings. The second-order valence-corrected chi connectivity index (χ2v) is 5.03. The Morgan fingerprint density at radius 1 is 1.48 bits per heavy atom. The number of benzene rings is 1. The van der Waals surface area contributed by atoms with Crippen molar-refractivity contribution in [3.8, 4) is 0 Å². The number of aliphatic carboxylic acids is 1. The summed E-state index contributed by atoms with van der Waals surface area (Å²) in [6.45, 7) is 3.46. The Kier molecular flexibility index (Phi) is 5.66. The molecule has 1 rings (SSSR count). The number of nitro groups is 1. The predicted molar refractivity (Wildman–Crippen MR) is 76.5 cm³/mol. The molecule has 1 aromatic carbocycles. The van der Waals surface area contributed by atoms with Crippen LogP contribution in [0.1, 0.15) is 30.6 Å². The van der Waals surface area contributed by atoms with Gasteiger partial charge in [0.1, 0.15) is 11.6 Å². The number of nitro benzene ring substituents is 1. The SMILES string of the molecule is CCC(C)C(NC(=O)c1cc(Cl)ccc1[N+](=O)[O-])C(=O)O. The number of nitrogens with zero attached hydrogens (tertiary/aromatic N) is 1. The zero-order valence-electron chi connectivity index (χ0n) is 11.5. The van der Waals surface area contributed by atoms with Crippen LogP contribution < -0.4 is 5.32 Å². The van der Waals surface area contributed by atoms with Crippen LogP contribution in [0.2, 0.25) is 5.02 Å². The summed E-state index contributed by atoms with van der Waals surface area (Å²) in [6.07, 6.45) is 0.537. The number of carboxylic acids is 1. The Bertz CT molecular complexity index is 576. The smallest absolute Gasteiger partial charge is 0.326 e. The van der Waals surface area contributed by atoms with Gasteiger partial charge in [-0.15, -0.1) is 0 Å². The van der Waals surface area contributed by atoms with Crippen LogP contribution in [0.3, 0.4) is 0 Å². The van der Waals surface area contributed by atoms with E-state index >= 15 is 0 Å². The number of hydrogen-bond acceptors (Lipinski definition) is 4. The molecule has 0 saturated carbocycles. The molecule has 2 atom stereocenters. The van der Waals surface area contributed by atoms with Crippen molar-refractivity contribution >= 4 is 29.2 Å². The summed E-state index contributed by atoms with van der Waals surface area (Å²) in [5, 5.41) is 22.5. The third-order valence-electron chi connectivity index (χ3n) is 3.17. The standard InChI is InChI=1S/C13H15ClN2O5/c1-3-7(2)11(13(18)19)15-12(17)9-6-8(14)4-5-10(9)16(20)21/h4-7,11H,3H2,1-2H3,(H,15,17)(H,18,19). The van der Waals surface area contributed by atoms with Crippen LogP contribution >= 0.6 is 11.6 Å². The molecule has 8 heteroatoms. The fourth-order valence-corrected chi connectivity index (χ4v) is 1.92. The highest BCUT2D eigenvalue weighted by Gasteiger charge is 2.28. The zero-order valence-corrected chi connectivity index (χ0v) is 12.3. The molecule has 7 nitrogen and oxygen atoms in total. The van der Waals surface area contributed by atoms with E-state index < -0.39 is 28.5 Å². The number of carbonyl (C=O) groups is 2. The van der Waals surface area contributed by atoms with Gasteiger partial charge in [0, 0.05) is 11.1 Å². The van der Waals surface area contributed by atoms with Crippen molar-refractivity contribution in [3.05, 3.63) is 38.9 Å². The zero-order chi connectivity index (χ0) is 16.2. The van der Waals surface area contributed by atoms with Crippen molar-refractivity contribution in [1.82, 2.24) is 5.32 Å². The van der Waals surface area contributed by atoms with Gasteiger partial charge in [0.05, 0.1) is 4.92 Å². The maximum Gasteiger partial charge on any atom is 0.326 e. The predicted octanol–water partition coefficient (Wildman–Crippen LogP) is 2.48. The van der Waals surface area contributed by atoms with Gasteiger partial charge >= 0.3 is 5.97 Å². The lowest BCUT2D eigenvalue weighted by Gasteiger charge is -2.20. The molecule has 0 spiro atoms. The highest BCUT2D eigenvalue weighted by molar-refractivity contribution is 6.31. The van der Waals surface area contributed by atoms with Crippen LogP contribution in [0.5, 0.6) is 0 Å². The molecule has 0 saturated heterocycles. The first-order chi connectivity index (χ1) is 9.77. The Morgan fingerprint density at radius 2 is 2.10 bits per heavy atom. The highest BCUT2D eigenvalue weighted by Crippen LogP contribution is 2.23. The van der Waals surface area contributed by atoms with E-state index in [-0.39, 0.29) is 16.5 Å². The molecule has 2 unspecified atom stereocenters. The topological polar surface area (TPSA) is 110 Å². The number of halogens is 1. The minimum absolute atomic E-state index is 0.154. The number of nitrogens with one attached hydrogen (secondary N) is 1. The first-order valence-electron chi connectivity index (χ1n) is 6.25. The fourth-order valence-electron chi connectivity index (χ4n) is 1.75. The highest BCUT2D eigenvalue weighted by atomic mass is 35.5. The molecular weight excluding hydrogens is 300 g/mol. The monoisotopic (exact) mass is 314 g/mol. The molecule has 1 amide bonds. The summed E-state index contributed by atoms with van der Waals surface area (Å²) in [7, 11) is 0. The summed E-state index contributed by atoms with van der Waals surface area (Å²) in [4.78, 5) is 33.5. The van der Waals surface area contributed by atoms with Crippen LogP contribution in [0, 0.1) is 16.0 Å². The van der Waals surface area contributed by atoms with Crippen molar-refractivity contribution in [2.24, 2.45) is 5.92 Å². The van der Waals surface area contributed by atoms with E-state index in [1.807, 2.05) is 0 Å². The van der Waals surface area contributed by atoms with Gasteiger partial charge in [-0.1, -0.05) is 31.9 Å². The molecule has 114 valence electrons. The van der Waals surface area contributed by atoms with Gasteiger partial charge in [0.15, 0.2) is 0 Å². The summed E-state index contributed by atoms with van der Waals surface area (Å²) in [5.74, 6) is -2.34. The molecule has 21 heavy (non-hydrogen) atoms. The first kappa shape index (κ1) is 16.9. The lowest BCUT2D eigenvalue weighted by molar-refractivity contribution is -0.385. The Labute approximate surface area is 126 Å². The molecular formula is C13H15ClN2O5. The summed E-state index contributed by atoms with van der Waals surface area (Å²) in [6, 6.07) is 2.42. The number of carbonyl (C=O) groups excluding carboxylic acids is 1. The first-order valence-corrected chi connectivity index (χ1v) is 6.63. The minimum Gasteiger partial charge on any atom is -0.480 e. The summed E-state index contributed by atoms with van der Waals surface area (Å²) >= 11 is 5.74. The molecule has 1 aromatic rings. The van der Waals surface area contributed by atoms with E-state index in [0.29, 0.717) is 6.42 Å². The van der Waals surface area contributed by atoms with Crippen LogP contribution in [-0.2, 0) is 4.79 Å². The van der Waals surface area contributed by atoms with E-state index in [1.54, 1.807) is 13.8 Å². The van der Waals surface area contributed by atoms with E-state index in [2.05, 4.69) is 5.32 Å². The van der Waals surface area contributed by atoms with Gasteiger partial charge in [-0.05, 0) is 18.1 Å². The Balaban J connectivity index is 3.11. The largest absolute Gasteiger partial charge is 0.480 e. The van der Waals surface area contributed by atoms with Gasteiger partial charge in [0.2, 0.25) is 0 Å². The van der Waals surface area contributed by atoms with Gasteiger partial charge in [0.25, 0.3) is 11.6 Å². The number of rotatable bonds is 6. The average molecular weight is 315 g/mol.